The molecule has 1 nitrogen and oxygen atoms in total. The van der Waals surface area contributed by atoms with Crippen molar-refractivity contribution in [3.05, 3.63) is 57.1 Å². The number of hydrogen-bond donors (Lipinski definition) is 0. The summed E-state index contributed by atoms with van der Waals surface area (Å²) < 4.78 is 1.17. The molecule has 0 aliphatic carbocycles. The van der Waals surface area contributed by atoms with Crippen molar-refractivity contribution >= 4 is 38.5 Å². The first-order chi connectivity index (χ1) is 8.25. The highest BCUT2D eigenvalue weighted by Gasteiger charge is 2.15. The van der Waals surface area contributed by atoms with Gasteiger partial charge in [-0.05, 0) is 25.1 Å². The Labute approximate surface area is 107 Å². The Morgan fingerprint density at radius 2 is 1.94 bits per heavy atom. The molecule has 0 bridgehead atoms. The minimum atomic E-state index is 0.139. The van der Waals surface area contributed by atoms with Crippen LogP contribution in [0.4, 0.5) is 0 Å². The highest BCUT2D eigenvalue weighted by molar-refractivity contribution is 7.18. The predicted octanol–water partition coefficient (Wildman–Crippen LogP) is 4.50. The molecule has 3 heteroatoms. The lowest BCUT2D eigenvalue weighted by atomic mass is 10.1. The Hall–Kier alpha value is -1.45. The molecule has 0 unspecified atom stereocenters. The SMILES string of the molecule is Cc1ccc(C(=O)c2csc3ccccc23)s1. The maximum atomic E-state index is 12.4. The molecule has 0 fully saturated rings. The van der Waals surface area contributed by atoms with Crippen molar-refractivity contribution < 1.29 is 4.79 Å². The molecule has 0 radical (unpaired) electrons. The predicted molar refractivity (Wildman–Crippen MR) is 74.3 cm³/mol. The molecule has 17 heavy (non-hydrogen) atoms. The smallest absolute Gasteiger partial charge is 0.204 e. The molecule has 0 spiro atoms. The minimum Gasteiger partial charge on any atom is -0.288 e. The van der Waals surface area contributed by atoms with Crippen LogP contribution in [0.1, 0.15) is 20.1 Å². The van der Waals surface area contributed by atoms with E-state index in [-0.39, 0.29) is 5.78 Å². The highest BCUT2D eigenvalue weighted by atomic mass is 32.1. The zero-order valence-corrected chi connectivity index (χ0v) is 10.9. The molecule has 0 amide bonds. The summed E-state index contributed by atoms with van der Waals surface area (Å²) in [5.74, 6) is 0.139. The average Bonchev–Trinajstić information content (AvgIpc) is 2.94. The summed E-state index contributed by atoms with van der Waals surface area (Å²) >= 11 is 3.19. The summed E-state index contributed by atoms with van der Waals surface area (Å²) in [6, 6.07) is 11.9. The van der Waals surface area contributed by atoms with Gasteiger partial charge < -0.3 is 0 Å². The van der Waals surface area contributed by atoms with E-state index in [2.05, 4.69) is 6.07 Å². The van der Waals surface area contributed by atoms with E-state index in [1.807, 2.05) is 42.6 Å². The van der Waals surface area contributed by atoms with E-state index in [9.17, 15) is 4.79 Å². The molecule has 0 aliphatic heterocycles. The first-order valence-electron chi connectivity index (χ1n) is 5.33. The van der Waals surface area contributed by atoms with Gasteiger partial charge in [-0.1, -0.05) is 18.2 Å². The molecule has 0 atom stereocenters. The molecule has 0 saturated heterocycles. The maximum absolute atomic E-state index is 12.4. The van der Waals surface area contributed by atoms with E-state index in [4.69, 9.17) is 0 Å². The van der Waals surface area contributed by atoms with Crippen LogP contribution in [-0.4, -0.2) is 5.78 Å². The summed E-state index contributed by atoms with van der Waals surface area (Å²) in [5.41, 5.74) is 0.826. The molecule has 0 N–H and O–H groups in total. The van der Waals surface area contributed by atoms with E-state index >= 15 is 0 Å². The van der Waals surface area contributed by atoms with Crippen molar-refractivity contribution in [3.8, 4) is 0 Å². The third-order valence-electron chi connectivity index (χ3n) is 2.69. The number of hydrogen-bond acceptors (Lipinski definition) is 3. The number of thiophene rings is 2. The zero-order valence-electron chi connectivity index (χ0n) is 9.27. The molecule has 0 aliphatic rings. The number of ketones is 1. The van der Waals surface area contributed by atoms with E-state index in [0.29, 0.717) is 0 Å². The number of fused-ring (bicyclic) bond motifs is 1. The quantitative estimate of drug-likeness (QED) is 0.618. The summed E-state index contributed by atoms with van der Waals surface area (Å²) in [4.78, 5) is 14.4. The fourth-order valence-corrected chi connectivity index (χ4v) is 3.61. The first kappa shape index (κ1) is 10.7. The summed E-state index contributed by atoms with van der Waals surface area (Å²) in [6.45, 7) is 2.02. The lowest BCUT2D eigenvalue weighted by molar-refractivity contribution is 0.104. The molecule has 2 heterocycles. The van der Waals surface area contributed by atoms with Crippen LogP contribution in [0.25, 0.3) is 10.1 Å². The van der Waals surface area contributed by atoms with Gasteiger partial charge >= 0.3 is 0 Å². The van der Waals surface area contributed by atoms with Crippen LogP contribution in [-0.2, 0) is 0 Å². The molecule has 3 rings (SSSR count). The topological polar surface area (TPSA) is 17.1 Å². The first-order valence-corrected chi connectivity index (χ1v) is 7.03. The third-order valence-corrected chi connectivity index (χ3v) is 4.65. The van der Waals surface area contributed by atoms with Gasteiger partial charge in [0.25, 0.3) is 0 Å². The fraction of sp³-hybridized carbons (Fsp3) is 0.0714. The number of benzene rings is 1. The van der Waals surface area contributed by atoms with Crippen LogP contribution in [0.2, 0.25) is 0 Å². The van der Waals surface area contributed by atoms with Crippen molar-refractivity contribution in [1.82, 2.24) is 0 Å². The zero-order chi connectivity index (χ0) is 11.8. The van der Waals surface area contributed by atoms with Crippen LogP contribution in [0.5, 0.6) is 0 Å². The van der Waals surface area contributed by atoms with Crippen molar-refractivity contribution in [2.75, 3.05) is 0 Å². The van der Waals surface area contributed by atoms with E-state index in [1.54, 1.807) is 22.7 Å². The van der Waals surface area contributed by atoms with Gasteiger partial charge in [-0.2, -0.15) is 0 Å². The van der Waals surface area contributed by atoms with Gasteiger partial charge in [0.2, 0.25) is 5.78 Å². The van der Waals surface area contributed by atoms with Crippen LogP contribution >= 0.6 is 22.7 Å². The average molecular weight is 258 g/mol. The standard InChI is InChI=1S/C14H10OS2/c1-9-6-7-13(17-9)14(15)11-8-16-12-5-3-2-4-10(11)12/h2-8H,1H3. The Morgan fingerprint density at radius 1 is 1.12 bits per heavy atom. The largest absolute Gasteiger partial charge is 0.288 e. The molecule has 3 aromatic rings. The lowest BCUT2D eigenvalue weighted by Crippen LogP contribution is -1.96. The van der Waals surface area contributed by atoms with Crippen LogP contribution < -0.4 is 0 Å². The van der Waals surface area contributed by atoms with Crippen LogP contribution in [0, 0.1) is 6.92 Å². The second-order valence-corrected chi connectivity index (χ2v) is 6.08. The summed E-state index contributed by atoms with van der Waals surface area (Å²) in [6.07, 6.45) is 0. The number of carbonyl (C=O) groups excluding carboxylic acids is 1. The van der Waals surface area contributed by atoms with Gasteiger partial charge in [0.15, 0.2) is 0 Å². The summed E-state index contributed by atoms with van der Waals surface area (Å²) in [5, 5.41) is 3.02. The van der Waals surface area contributed by atoms with E-state index < -0.39 is 0 Å². The Balaban J connectivity index is 2.13. The highest BCUT2D eigenvalue weighted by Crippen LogP contribution is 2.29. The van der Waals surface area contributed by atoms with Gasteiger partial charge in [-0.15, -0.1) is 22.7 Å². The van der Waals surface area contributed by atoms with Crippen molar-refractivity contribution in [2.45, 2.75) is 6.92 Å². The minimum absolute atomic E-state index is 0.139. The van der Waals surface area contributed by atoms with Crippen LogP contribution in [0.3, 0.4) is 0 Å². The second-order valence-electron chi connectivity index (χ2n) is 3.88. The Kier molecular flexibility index (Phi) is 2.57. The van der Waals surface area contributed by atoms with Crippen molar-refractivity contribution in [2.24, 2.45) is 0 Å². The third kappa shape index (κ3) is 1.81. The van der Waals surface area contributed by atoms with E-state index in [1.165, 1.54) is 9.58 Å². The molecule has 2 aromatic heterocycles. The Bertz CT molecular complexity index is 691. The Morgan fingerprint density at radius 3 is 2.71 bits per heavy atom. The number of rotatable bonds is 2. The van der Waals surface area contributed by atoms with Gasteiger partial charge in [-0.3, -0.25) is 4.79 Å². The molecular formula is C14H10OS2. The van der Waals surface area contributed by atoms with E-state index in [0.717, 1.165) is 15.8 Å². The summed E-state index contributed by atoms with van der Waals surface area (Å²) in [7, 11) is 0. The van der Waals surface area contributed by atoms with Crippen molar-refractivity contribution in [1.29, 1.82) is 0 Å². The van der Waals surface area contributed by atoms with Gasteiger partial charge in [0.1, 0.15) is 0 Å². The van der Waals surface area contributed by atoms with Crippen LogP contribution in [0.15, 0.2) is 41.8 Å². The second kappa shape index (κ2) is 4.09. The van der Waals surface area contributed by atoms with Gasteiger partial charge in [-0.25, -0.2) is 0 Å². The van der Waals surface area contributed by atoms with Gasteiger partial charge in [0, 0.05) is 25.9 Å². The van der Waals surface area contributed by atoms with Gasteiger partial charge in [0.05, 0.1) is 4.88 Å². The molecule has 0 saturated carbocycles. The molecular weight excluding hydrogens is 248 g/mol. The maximum Gasteiger partial charge on any atom is 0.204 e. The monoisotopic (exact) mass is 258 g/mol. The fourth-order valence-electron chi connectivity index (χ4n) is 1.84. The molecule has 84 valence electrons. The normalized spacial score (nSPS) is 10.9. The van der Waals surface area contributed by atoms with Crippen molar-refractivity contribution in [3.63, 3.8) is 0 Å². The number of aryl methyl sites for hydroxylation is 1. The lowest BCUT2D eigenvalue weighted by Gasteiger charge is -1.95. The number of carbonyl (C=O) groups is 1. The molecule has 1 aromatic carbocycles.